The van der Waals surface area contributed by atoms with Crippen LogP contribution in [0.5, 0.6) is 11.5 Å². The number of rotatable bonds is 5. The predicted molar refractivity (Wildman–Crippen MR) is 111 cm³/mol. The fourth-order valence-corrected chi connectivity index (χ4v) is 6.06. The molecule has 1 aromatic carbocycles. The molecule has 0 aromatic heterocycles. The Morgan fingerprint density at radius 2 is 1.82 bits per heavy atom. The second kappa shape index (κ2) is 6.57. The molecule has 0 N–H and O–H groups in total. The number of allylic oxidation sites excluding steroid dienone is 2. The summed E-state index contributed by atoms with van der Waals surface area (Å²) >= 11 is 2.18. The van der Waals surface area contributed by atoms with E-state index < -0.39 is 0 Å². The van der Waals surface area contributed by atoms with Gasteiger partial charge in [0.25, 0.3) is 11.8 Å². The molecular formula is C21H21IN2O4. The Morgan fingerprint density at radius 1 is 1.18 bits per heavy atom. The molecule has 6 nitrogen and oxygen atoms in total. The van der Waals surface area contributed by atoms with Crippen LogP contribution in [0.25, 0.3) is 0 Å². The maximum Gasteiger partial charge on any atom is 0.254 e. The van der Waals surface area contributed by atoms with Crippen molar-refractivity contribution in [3.05, 3.63) is 33.4 Å². The smallest absolute Gasteiger partial charge is 0.254 e. The lowest BCUT2D eigenvalue weighted by Gasteiger charge is -2.37. The van der Waals surface area contributed by atoms with Crippen LogP contribution in [0.4, 0.5) is 0 Å². The summed E-state index contributed by atoms with van der Waals surface area (Å²) in [4.78, 5) is 25.9. The minimum atomic E-state index is -0.224. The van der Waals surface area contributed by atoms with Crippen LogP contribution in [0.3, 0.4) is 0 Å². The van der Waals surface area contributed by atoms with Crippen LogP contribution in [0.2, 0.25) is 0 Å². The summed E-state index contributed by atoms with van der Waals surface area (Å²) in [6.45, 7) is 2.46. The third kappa shape index (κ3) is 2.54. The van der Waals surface area contributed by atoms with Gasteiger partial charge in [-0.05, 0) is 77.3 Å². The quantitative estimate of drug-likeness (QED) is 0.274. The summed E-state index contributed by atoms with van der Waals surface area (Å²) in [5, 5.41) is 5.39. The second-order valence-corrected chi connectivity index (χ2v) is 9.02. The van der Waals surface area contributed by atoms with Gasteiger partial charge in [-0.2, -0.15) is 10.1 Å². The summed E-state index contributed by atoms with van der Waals surface area (Å²) < 4.78 is 11.9. The van der Waals surface area contributed by atoms with Gasteiger partial charge in [0.1, 0.15) is 0 Å². The van der Waals surface area contributed by atoms with Crippen molar-refractivity contribution < 1.29 is 19.1 Å². The van der Waals surface area contributed by atoms with Crippen molar-refractivity contribution in [1.29, 1.82) is 0 Å². The Bertz CT molecular complexity index is 891. The lowest BCUT2D eigenvalue weighted by molar-refractivity contribution is -0.140. The zero-order valence-corrected chi connectivity index (χ0v) is 17.8. The van der Waals surface area contributed by atoms with Crippen LogP contribution in [-0.2, 0) is 9.59 Å². The molecule has 1 aromatic rings. The summed E-state index contributed by atoms with van der Waals surface area (Å²) in [5.41, 5.74) is 0.754. The minimum absolute atomic E-state index is 0.149. The van der Waals surface area contributed by atoms with Gasteiger partial charge in [0.15, 0.2) is 11.5 Å². The average molecular weight is 492 g/mol. The summed E-state index contributed by atoms with van der Waals surface area (Å²) in [7, 11) is 1.58. The van der Waals surface area contributed by atoms with Crippen LogP contribution in [0, 0.1) is 39.1 Å². The molecule has 1 heterocycles. The molecule has 1 aliphatic heterocycles. The number of carbonyl (C=O) groups excluding carboxylic acids is 2. The molecule has 2 amide bonds. The Kier molecular flexibility index (Phi) is 4.26. The van der Waals surface area contributed by atoms with Crippen molar-refractivity contribution in [2.75, 3.05) is 13.7 Å². The highest BCUT2D eigenvalue weighted by molar-refractivity contribution is 14.1. The molecule has 6 atom stereocenters. The van der Waals surface area contributed by atoms with Gasteiger partial charge in [-0.3, -0.25) is 9.59 Å². The fraction of sp³-hybridized carbons (Fsp3) is 0.476. The SMILES string of the molecule is CCOc1c(I)cc(/C=N\N2C(=O)[C@@H]3[C@@H]4C=C[C@H]([C@@H]5C[C@H]45)[C@@H]3C2=O)cc1OC. The Labute approximate surface area is 177 Å². The molecule has 0 spiro atoms. The van der Waals surface area contributed by atoms with Crippen LogP contribution in [0.15, 0.2) is 29.4 Å². The van der Waals surface area contributed by atoms with Gasteiger partial charge in [0, 0.05) is 0 Å². The first-order valence-electron chi connectivity index (χ1n) is 9.65. The van der Waals surface area contributed by atoms with Crippen LogP contribution in [0.1, 0.15) is 18.9 Å². The van der Waals surface area contributed by atoms with Gasteiger partial charge in [-0.1, -0.05) is 12.2 Å². The molecule has 1 saturated heterocycles. The average Bonchev–Trinajstić information content (AvgIpc) is 3.47. The summed E-state index contributed by atoms with van der Waals surface area (Å²) in [5.74, 6) is 2.15. The topological polar surface area (TPSA) is 68.2 Å². The van der Waals surface area contributed by atoms with Crippen LogP contribution in [-0.4, -0.2) is 36.8 Å². The molecule has 2 bridgehead atoms. The van der Waals surface area contributed by atoms with Gasteiger partial charge in [-0.25, -0.2) is 0 Å². The third-order valence-corrected chi connectivity index (χ3v) is 7.30. The van der Waals surface area contributed by atoms with E-state index in [1.807, 2.05) is 13.0 Å². The van der Waals surface area contributed by atoms with E-state index in [9.17, 15) is 9.59 Å². The predicted octanol–water partition coefficient (Wildman–Crippen LogP) is 3.09. The number of hydrogen-bond donors (Lipinski definition) is 0. The van der Waals surface area contributed by atoms with Crippen molar-refractivity contribution in [2.45, 2.75) is 13.3 Å². The second-order valence-electron chi connectivity index (χ2n) is 7.85. The highest BCUT2D eigenvalue weighted by atomic mass is 127. The van der Waals surface area contributed by atoms with Gasteiger partial charge in [-0.15, -0.1) is 0 Å². The number of nitrogens with zero attached hydrogens (tertiary/aromatic N) is 2. The number of carbonyl (C=O) groups is 2. The minimum Gasteiger partial charge on any atom is -0.493 e. The Hall–Kier alpha value is -1.90. The number of halogens is 1. The standard InChI is InChI=1S/C21H21IN2O4/c1-3-28-19-15(22)6-10(7-16(19)27-2)9-23-24-20(25)17-11-4-5-12(14-8-13(11)14)18(17)21(24)26/h4-7,9,11-14,17-18H,3,8H2,1-2H3/b23-9-/t11-,12-,13-,14+,17-,18+/m1/s1. The number of amides is 2. The fourth-order valence-electron chi connectivity index (χ4n) is 5.28. The molecule has 28 heavy (non-hydrogen) atoms. The van der Waals surface area contributed by atoms with Crippen LogP contribution < -0.4 is 9.47 Å². The number of hydrazone groups is 1. The molecule has 4 aliphatic carbocycles. The van der Waals surface area contributed by atoms with Gasteiger partial charge >= 0.3 is 0 Å². The van der Waals surface area contributed by atoms with Crippen molar-refractivity contribution in [1.82, 2.24) is 5.01 Å². The molecule has 5 aliphatic rings. The summed E-state index contributed by atoms with van der Waals surface area (Å²) in [6, 6.07) is 3.70. The lowest BCUT2D eigenvalue weighted by atomic mass is 9.63. The maximum atomic E-state index is 13.0. The van der Waals surface area contributed by atoms with Gasteiger partial charge in [0.05, 0.1) is 35.3 Å². The molecule has 146 valence electrons. The molecule has 7 heteroatoms. The van der Waals surface area contributed by atoms with E-state index in [-0.39, 0.29) is 35.5 Å². The first-order chi connectivity index (χ1) is 13.5. The van der Waals surface area contributed by atoms with Gasteiger partial charge in [0.2, 0.25) is 0 Å². The first-order valence-corrected chi connectivity index (χ1v) is 10.7. The number of ether oxygens (including phenoxy) is 2. The first kappa shape index (κ1) is 18.1. The van der Waals surface area contributed by atoms with E-state index in [0.29, 0.717) is 29.9 Å². The number of hydrogen-bond acceptors (Lipinski definition) is 5. The number of imide groups is 1. The largest absolute Gasteiger partial charge is 0.493 e. The highest BCUT2D eigenvalue weighted by Gasteiger charge is 2.67. The number of benzene rings is 1. The van der Waals surface area contributed by atoms with E-state index in [1.54, 1.807) is 19.4 Å². The molecule has 2 saturated carbocycles. The van der Waals surface area contributed by atoms with Gasteiger partial charge < -0.3 is 9.47 Å². The molecule has 0 unspecified atom stereocenters. The molecule has 6 rings (SSSR count). The highest BCUT2D eigenvalue weighted by Crippen LogP contribution is 2.65. The normalized spacial score (nSPS) is 34.8. The zero-order chi connectivity index (χ0) is 19.6. The maximum absolute atomic E-state index is 13.0. The summed E-state index contributed by atoms with van der Waals surface area (Å²) in [6.07, 6.45) is 7.04. The third-order valence-electron chi connectivity index (χ3n) is 6.50. The van der Waals surface area contributed by atoms with E-state index >= 15 is 0 Å². The zero-order valence-electron chi connectivity index (χ0n) is 15.7. The lowest BCUT2D eigenvalue weighted by Crippen LogP contribution is -2.40. The Morgan fingerprint density at radius 3 is 2.39 bits per heavy atom. The molecule has 0 radical (unpaired) electrons. The van der Waals surface area contributed by atoms with Crippen LogP contribution >= 0.6 is 22.6 Å². The van der Waals surface area contributed by atoms with E-state index in [1.165, 1.54) is 0 Å². The van der Waals surface area contributed by atoms with Crippen molar-refractivity contribution >= 4 is 40.6 Å². The number of methoxy groups -OCH3 is 1. The molecule has 3 fully saturated rings. The van der Waals surface area contributed by atoms with Crippen molar-refractivity contribution in [3.63, 3.8) is 0 Å². The Balaban J connectivity index is 1.41. The van der Waals surface area contributed by atoms with Crippen molar-refractivity contribution in [2.24, 2.45) is 40.6 Å². The van der Waals surface area contributed by atoms with E-state index in [0.717, 1.165) is 20.6 Å². The molecular weight excluding hydrogens is 471 g/mol. The van der Waals surface area contributed by atoms with E-state index in [4.69, 9.17) is 9.47 Å². The van der Waals surface area contributed by atoms with Crippen molar-refractivity contribution in [3.8, 4) is 11.5 Å². The monoisotopic (exact) mass is 492 g/mol. The van der Waals surface area contributed by atoms with E-state index in [2.05, 4.69) is 39.8 Å².